The highest BCUT2D eigenvalue weighted by Crippen LogP contribution is 2.52. The Morgan fingerprint density at radius 2 is 1.91 bits per heavy atom. The van der Waals surface area contributed by atoms with Gasteiger partial charge in [0.25, 0.3) is 5.91 Å². The van der Waals surface area contributed by atoms with Gasteiger partial charge in [-0.15, -0.1) is 0 Å². The maximum absolute atomic E-state index is 13.8. The van der Waals surface area contributed by atoms with Crippen LogP contribution < -0.4 is 16.4 Å². The number of anilines is 1. The van der Waals surface area contributed by atoms with Gasteiger partial charge in [0.05, 0.1) is 23.6 Å². The lowest BCUT2D eigenvalue weighted by Gasteiger charge is -2.36. The number of hydrogen-bond donors (Lipinski definition) is 3. The fourth-order valence-corrected chi connectivity index (χ4v) is 5.99. The zero-order valence-corrected chi connectivity index (χ0v) is 21.8. The predicted molar refractivity (Wildman–Crippen MR) is 134 cm³/mol. The number of amides is 2. The molecule has 2 aliphatic rings. The normalized spacial score (nSPS) is 23.0. The number of benzene rings is 1. The minimum absolute atomic E-state index is 0.00822. The van der Waals surface area contributed by atoms with Crippen LogP contribution >= 0.6 is 7.52 Å². The average Bonchev–Trinajstić information content (AvgIpc) is 2.95. The minimum Gasteiger partial charge on any atom is -0.509 e. The summed E-state index contributed by atoms with van der Waals surface area (Å²) in [5.41, 5.74) is 5.45. The Hall–Kier alpha value is -2.64. The third-order valence-corrected chi connectivity index (χ3v) is 7.89. The van der Waals surface area contributed by atoms with E-state index < -0.39 is 24.9 Å². The van der Waals surface area contributed by atoms with Crippen LogP contribution in [0.2, 0.25) is 0 Å². The maximum Gasteiger partial charge on any atom is 0.348 e. The molecule has 0 saturated heterocycles. The van der Waals surface area contributed by atoms with Crippen molar-refractivity contribution < 1.29 is 23.8 Å². The van der Waals surface area contributed by atoms with E-state index in [0.29, 0.717) is 12.2 Å². The molecule has 0 aliphatic carbocycles. The molecule has 4 N–H and O–H groups in total. The van der Waals surface area contributed by atoms with Gasteiger partial charge in [-0.2, -0.15) is 4.76 Å². The molecule has 9 nitrogen and oxygen atoms in total. The predicted octanol–water partition coefficient (Wildman–Crippen LogP) is 3.97. The van der Waals surface area contributed by atoms with Gasteiger partial charge >= 0.3 is 7.52 Å². The quantitative estimate of drug-likeness (QED) is 0.517. The monoisotopic (exact) mass is 490 g/mol. The van der Waals surface area contributed by atoms with E-state index >= 15 is 0 Å². The Bertz CT molecular complexity index is 1130. The van der Waals surface area contributed by atoms with Gasteiger partial charge in [-0.05, 0) is 42.4 Å². The number of amidine groups is 1. The van der Waals surface area contributed by atoms with Crippen molar-refractivity contribution in [3.05, 3.63) is 35.1 Å². The third-order valence-electron chi connectivity index (χ3n) is 5.84. The molecule has 2 heterocycles. The number of carbonyl (C=O) groups excluding carboxylic acids is 2. The van der Waals surface area contributed by atoms with Gasteiger partial charge in [0, 0.05) is 12.1 Å². The molecular weight excluding hydrogens is 455 g/mol. The van der Waals surface area contributed by atoms with Crippen molar-refractivity contribution in [1.29, 1.82) is 0 Å². The number of aliphatic hydroxyl groups excluding tert-OH is 1. The Kier molecular flexibility index (Phi) is 6.77. The van der Waals surface area contributed by atoms with Crippen molar-refractivity contribution in [3.63, 3.8) is 0 Å². The van der Waals surface area contributed by atoms with Crippen molar-refractivity contribution in [2.24, 2.45) is 21.3 Å². The van der Waals surface area contributed by atoms with Crippen LogP contribution in [0.4, 0.5) is 5.69 Å². The number of nitrogens with two attached hydrogens (primary N) is 1. The van der Waals surface area contributed by atoms with Crippen molar-refractivity contribution in [1.82, 2.24) is 4.90 Å². The minimum atomic E-state index is -3.85. The summed E-state index contributed by atoms with van der Waals surface area (Å²) in [6.07, 6.45) is 0.738. The zero-order chi connectivity index (χ0) is 25.6. The number of nitrogens with zero attached hydrogens (tertiary/aromatic N) is 2. The number of aliphatic hydroxyl groups is 1. The molecule has 1 aromatic rings. The summed E-state index contributed by atoms with van der Waals surface area (Å²) in [4.78, 5) is 26.9. The average molecular weight is 491 g/mol. The Morgan fingerprint density at radius 3 is 2.44 bits per heavy atom. The highest BCUT2D eigenvalue weighted by molar-refractivity contribution is 7.66. The topological polar surface area (TPSA) is 134 Å². The van der Waals surface area contributed by atoms with Crippen LogP contribution in [0.5, 0.6) is 0 Å². The summed E-state index contributed by atoms with van der Waals surface area (Å²) in [5.74, 6) is -1.17. The van der Waals surface area contributed by atoms with E-state index in [-0.39, 0.29) is 46.0 Å². The molecule has 10 heteroatoms. The van der Waals surface area contributed by atoms with Crippen LogP contribution in [-0.2, 0) is 13.9 Å². The molecule has 0 spiro atoms. The summed E-state index contributed by atoms with van der Waals surface area (Å²) < 4.78 is 23.7. The van der Waals surface area contributed by atoms with Crippen molar-refractivity contribution in [3.8, 4) is 0 Å². The largest absolute Gasteiger partial charge is 0.509 e. The van der Waals surface area contributed by atoms with E-state index in [0.717, 1.165) is 6.42 Å². The highest BCUT2D eigenvalue weighted by atomic mass is 31.2. The van der Waals surface area contributed by atoms with Gasteiger partial charge in [-0.25, -0.2) is 0 Å². The van der Waals surface area contributed by atoms with E-state index in [4.69, 9.17) is 10.3 Å². The molecule has 1 unspecified atom stereocenters. The van der Waals surface area contributed by atoms with Crippen LogP contribution in [0.25, 0.3) is 0 Å². The smallest absolute Gasteiger partial charge is 0.348 e. The summed E-state index contributed by atoms with van der Waals surface area (Å²) in [5, 5.41) is 14.5. The van der Waals surface area contributed by atoms with Gasteiger partial charge in [0.1, 0.15) is 11.3 Å². The molecule has 34 heavy (non-hydrogen) atoms. The maximum atomic E-state index is 13.8. The number of hydrogen-bond acceptors (Lipinski definition) is 6. The SMILES string of the molecule is CCOP1(=O)N=C(C2=C(O)[C@H](C(C)(C)C)N(CCC(C)(C)C)C2=O)Nc2ccc(C(N)=O)cc21. The van der Waals surface area contributed by atoms with Crippen molar-refractivity contribution in [2.75, 3.05) is 18.5 Å². The summed E-state index contributed by atoms with van der Waals surface area (Å²) in [6.45, 7) is 14.4. The van der Waals surface area contributed by atoms with Crippen molar-refractivity contribution in [2.45, 2.75) is 60.9 Å². The molecule has 1 aromatic carbocycles. The number of primary amides is 1. The Balaban J connectivity index is 2.11. The summed E-state index contributed by atoms with van der Waals surface area (Å²) in [6, 6.07) is 3.86. The van der Waals surface area contributed by atoms with Gasteiger partial charge in [0.2, 0.25) is 5.91 Å². The first kappa shape index (κ1) is 26.0. The second kappa shape index (κ2) is 8.86. The van der Waals surface area contributed by atoms with Crippen LogP contribution in [0.1, 0.15) is 65.2 Å². The molecule has 186 valence electrons. The van der Waals surface area contributed by atoms with Gasteiger partial charge in [-0.3, -0.25) is 14.2 Å². The summed E-state index contributed by atoms with van der Waals surface area (Å²) in [7, 11) is -3.85. The Labute approximate surface area is 201 Å². The van der Waals surface area contributed by atoms with E-state index in [1.807, 2.05) is 20.8 Å². The number of fused-ring (bicyclic) bond motifs is 1. The molecule has 0 radical (unpaired) electrons. The number of rotatable bonds is 6. The zero-order valence-electron chi connectivity index (χ0n) is 20.9. The second-order valence-electron chi connectivity index (χ2n) is 10.9. The van der Waals surface area contributed by atoms with E-state index in [1.165, 1.54) is 12.1 Å². The molecule has 0 fully saturated rings. The lowest BCUT2D eigenvalue weighted by Crippen LogP contribution is -2.45. The van der Waals surface area contributed by atoms with Gasteiger partial charge < -0.3 is 25.6 Å². The second-order valence-corrected chi connectivity index (χ2v) is 12.9. The molecule has 0 saturated carbocycles. The molecule has 0 bridgehead atoms. The van der Waals surface area contributed by atoms with Crippen molar-refractivity contribution >= 4 is 36.2 Å². The number of nitrogens with one attached hydrogen (secondary N) is 1. The molecule has 2 aliphatic heterocycles. The fraction of sp³-hybridized carbons (Fsp3) is 0.542. The van der Waals surface area contributed by atoms with Gasteiger partial charge in [-0.1, -0.05) is 41.5 Å². The lowest BCUT2D eigenvalue weighted by atomic mass is 9.84. The first-order valence-electron chi connectivity index (χ1n) is 11.4. The van der Waals surface area contributed by atoms with E-state index in [9.17, 15) is 19.3 Å². The lowest BCUT2D eigenvalue weighted by molar-refractivity contribution is -0.128. The first-order valence-corrected chi connectivity index (χ1v) is 13.0. The van der Waals surface area contributed by atoms with E-state index in [2.05, 4.69) is 30.9 Å². The highest BCUT2D eigenvalue weighted by Gasteiger charge is 2.48. The van der Waals surface area contributed by atoms with Crippen LogP contribution in [0.15, 0.2) is 34.3 Å². The first-order chi connectivity index (χ1) is 15.6. The summed E-state index contributed by atoms with van der Waals surface area (Å²) >= 11 is 0. The van der Waals surface area contributed by atoms with E-state index in [1.54, 1.807) is 17.9 Å². The molecule has 2 amide bonds. The molecule has 2 atom stereocenters. The third kappa shape index (κ3) is 4.91. The molecule has 3 rings (SSSR count). The standard InChI is InChI=1S/C24H35N4O5P/c1-8-33-34(32)16-13-14(20(25)30)9-10-15(16)26-21(27-34)17-18(29)19(24(5,6)7)28(22(17)31)12-11-23(2,3)4/h9-10,13,19,29H,8,11-12H2,1-7H3,(H2,25,30)(H,26,27,32)/t19-,34?/m1/s1. The van der Waals surface area contributed by atoms with Gasteiger partial charge in [0.15, 0.2) is 5.84 Å². The van der Waals surface area contributed by atoms with Crippen LogP contribution in [0, 0.1) is 10.8 Å². The Morgan fingerprint density at radius 1 is 1.26 bits per heavy atom. The van der Waals surface area contributed by atoms with Crippen LogP contribution in [-0.4, -0.2) is 46.8 Å². The number of carbonyl (C=O) groups is 2. The molecular formula is C24H35N4O5P. The van der Waals surface area contributed by atoms with Crippen LogP contribution in [0.3, 0.4) is 0 Å². The molecule has 0 aromatic heterocycles. The fourth-order valence-electron chi connectivity index (χ4n) is 4.19.